The minimum atomic E-state index is 0.858. The molecule has 2 heterocycles. The predicted molar refractivity (Wildman–Crippen MR) is 68.9 cm³/mol. The predicted octanol–water partition coefficient (Wildman–Crippen LogP) is 3.39. The minimum Gasteiger partial charge on any atom is -0.341 e. The third-order valence-corrected chi connectivity index (χ3v) is 3.79. The van der Waals surface area contributed by atoms with Crippen LogP contribution in [0.2, 0.25) is 0 Å². The molecule has 2 aromatic rings. The second kappa shape index (κ2) is 4.47. The van der Waals surface area contributed by atoms with Crippen LogP contribution < -0.4 is 0 Å². The number of fused-ring (bicyclic) bond motifs is 1. The number of aromatic amines is 1. The maximum atomic E-state index is 4.55. The summed E-state index contributed by atoms with van der Waals surface area (Å²) in [6, 6.07) is 2.12. The number of hydrogen-bond donors (Lipinski definition) is 1. The average molecular weight is 229 g/mol. The van der Waals surface area contributed by atoms with Crippen LogP contribution in [0.25, 0.3) is 11.2 Å². The van der Waals surface area contributed by atoms with Crippen LogP contribution in [0.3, 0.4) is 0 Å². The molecule has 0 spiro atoms. The van der Waals surface area contributed by atoms with Crippen LogP contribution in [0.4, 0.5) is 0 Å². The first-order valence-corrected chi connectivity index (χ1v) is 6.62. The van der Waals surface area contributed by atoms with Gasteiger partial charge >= 0.3 is 0 Å². The highest BCUT2D eigenvalue weighted by Gasteiger charge is 2.15. The fourth-order valence-corrected chi connectivity index (χ4v) is 2.81. The molecule has 0 aromatic carbocycles. The molecule has 3 rings (SSSR count). The highest BCUT2D eigenvalue weighted by atomic mass is 15.0. The summed E-state index contributed by atoms with van der Waals surface area (Å²) in [6.07, 6.45) is 9.90. The topological polar surface area (TPSA) is 41.6 Å². The van der Waals surface area contributed by atoms with Crippen LogP contribution in [-0.4, -0.2) is 15.0 Å². The van der Waals surface area contributed by atoms with Crippen molar-refractivity contribution in [2.24, 2.45) is 5.92 Å². The van der Waals surface area contributed by atoms with Crippen molar-refractivity contribution in [1.82, 2.24) is 15.0 Å². The standard InChI is InChI=1S/C14H19N3/c1-10-8-12-14(15-9-10)17-13(16-12)7-6-11-4-2-3-5-11/h8-9,11H,2-7H2,1H3,(H,15,16,17). The van der Waals surface area contributed by atoms with E-state index in [0.717, 1.165) is 29.3 Å². The first kappa shape index (κ1) is 10.8. The highest BCUT2D eigenvalue weighted by Crippen LogP contribution is 2.28. The zero-order valence-electron chi connectivity index (χ0n) is 10.4. The lowest BCUT2D eigenvalue weighted by Crippen LogP contribution is -1.97. The molecule has 0 unspecified atom stereocenters. The molecule has 3 nitrogen and oxygen atoms in total. The van der Waals surface area contributed by atoms with E-state index in [0.29, 0.717) is 0 Å². The van der Waals surface area contributed by atoms with Gasteiger partial charge in [-0.05, 0) is 30.9 Å². The zero-order valence-corrected chi connectivity index (χ0v) is 10.4. The lowest BCUT2D eigenvalue weighted by atomic mass is 10.0. The maximum absolute atomic E-state index is 4.55. The SMILES string of the molecule is Cc1cnc2nc(CCC3CCCC3)[nH]c2c1. The molecule has 90 valence electrons. The van der Waals surface area contributed by atoms with Crippen molar-refractivity contribution in [2.75, 3.05) is 0 Å². The van der Waals surface area contributed by atoms with Crippen molar-refractivity contribution in [3.63, 3.8) is 0 Å². The monoisotopic (exact) mass is 229 g/mol. The van der Waals surface area contributed by atoms with E-state index in [1.807, 2.05) is 6.20 Å². The van der Waals surface area contributed by atoms with Crippen molar-refractivity contribution in [2.45, 2.75) is 45.4 Å². The Labute approximate surface area is 102 Å². The molecule has 1 aliphatic rings. The quantitative estimate of drug-likeness (QED) is 0.876. The molecular formula is C14H19N3. The van der Waals surface area contributed by atoms with E-state index in [1.54, 1.807) is 0 Å². The van der Waals surface area contributed by atoms with Crippen molar-refractivity contribution in [3.8, 4) is 0 Å². The van der Waals surface area contributed by atoms with Crippen LogP contribution >= 0.6 is 0 Å². The van der Waals surface area contributed by atoms with Crippen molar-refractivity contribution in [3.05, 3.63) is 23.7 Å². The Morgan fingerprint density at radius 3 is 3.00 bits per heavy atom. The lowest BCUT2D eigenvalue weighted by molar-refractivity contribution is 0.498. The molecule has 1 aliphatic carbocycles. The fraction of sp³-hybridized carbons (Fsp3) is 0.571. The number of hydrogen-bond acceptors (Lipinski definition) is 2. The van der Waals surface area contributed by atoms with Gasteiger partial charge in [-0.2, -0.15) is 0 Å². The van der Waals surface area contributed by atoms with Crippen molar-refractivity contribution >= 4 is 11.2 Å². The Hall–Kier alpha value is -1.38. The van der Waals surface area contributed by atoms with E-state index in [4.69, 9.17) is 0 Å². The number of imidazole rings is 1. The van der Waals surface area contributed by atoms with E-state index in [2.05, 4.69) is 27.9 Å². The minimum absolute atomic E-state index is 0.858. The molecule has 1 saturated carbocycles. The van der Waals surface area contributed by atoms with Crippen LogP contribution in [0, 0.1) is 12.8 Å². The first-order chi connectivity index (χ1) is 8.31. The van der Waals surface area contributed by atoms with Crippen molar-refractivity contribution in [1.29, 1.82) is 0 Å². The molecule has 2 aromatic heterocycles. The highest BCUT2D eigenvalue weighted by molar-refractivity contribution is 5.70. The molecule has 0 saturated heterocycles. The Kier molecular flexibility index (Phi) is 2.83. The first-order valence-electron chi connectivity index (χ1n) is 6.62. The summed E-state index contributed by atoms with van der Waals surface area (Å²) in [5, 5.41) is 0. The molecule has 0 amide bonds. The molecule has 0 bridgehead atoms. The maximum Gasteiger partial charge on any atom is 0.177 e. The third kappa shape index (κ3) is 2.33. The number of nitrogens with one attached hydrogen (secondary N) is 1. The Balaban J connectivity index is 1.72. The fourth-order valence-electron chi connectivity index (χ4n) is 2.81. The van der Waals surface area contributed by atoms with E-state index in [-0.39, 0.29) is 0 Å². The molecule has 0 atom stereocenters. The molecular weight excluding hydrogens is 210 g/mol. The number of aryl methyl sites for hydroxylation is 2. The van der Waals surface area contributed by atoms with E-state index >= 15 is 0 Å². The smallest absolute Gasteiger partial charge is 0.177 e. The van der Waals surface area contributed by atoms with Gasteiger partial charge in [0.15, 0.2) is 5.65 Å². The molecule has 1 fully saturated rings. The third-order valence-electron chi connectivity index (χ3n) is 3.79. The van der Waals surface area contributed by atoms with Gasteiger partial charge in [-0.3, -0.25) is 0 Å². The van der Waals surface area contributed by atoms with Gasteiger partial charge in [-0.1, -0.05) is 25.7 Å². The van der Waals surface area contributed by atoms with E-state index < -0.39 is 0 Å². The summed E-state index contributed by atoms with van der Waals surface area (Å²) in [4.78, 5) is 12.3. The summed E-state index contributed by atoms with van der Waals surface area (Å²) in [7, 11) is 0. The summed E-state index contributed by atoms with van der Waals surface area (Å²) in [5.41, 5.74) is 3.12. The van der Waals surface area contributed by atoms with Gasteiger partial charge in [-0.15, -0.1) is 0 Å². The van der Waals surface area contributed by atoms with E-state index in [9.17, 15) is 0 Å². The van der Waals surface area contributed by atoms with Crippen molar-refractivity contribution < 1.29 is 0 Å². The largest absolute Gasteiger partial charge is 0.341 e. The summed E-state index contributed by atoms with van der Waals surface area (Å²) in [6.45, 7) is 2.06. The Bertz CT molecular complexity index is 509. The zero-order chi connectivity index (χ0) is 11.7. The molecule has 3 heteroatoms. The van der Waals surface area contributed by atoms with E-state index in [1.165, 1.54) is 37.7 Å². The van der Waals surface area contributed by atoms with Gasteiger partial charge in [-0.25, -0.2) is 9.97 Å². The van der Waals surface area contributed by atoms with Gasteiger partial charge in [0.2, 0.25) is 0 Å². The number of rotatable bonds is 3. The number of pyridine rings is 1. The summed E-state index contributed by atoms with van der Waals surface area (Å²) >= 11 is 0. The van der Waals surface area contributed by atoms with Crippen LogP contribution in [-0.2, 0) is 6.42 Å². The lowest BCUT2D eigenvalue weighted by Gasteiger charge is -2.05. The van der Waals surface area contributed by atoms with Gasteiger partial charge in [0.05, 0.1) is 5.52 Å². The Morgan fingerprint density at radius 2 is 2.18 bits per heavy atom. The summed E-state index contributed by atoms with van der Waals surface area (Å²) in [5.74, 6) is 2.03. The van der Waals surface area contributed by atoms with Crippen LogP contribution in [0.15, 0.2) is 12.3 Å². The molecule has 0 radical (unpaired) electrons. The second-order valence-corrected chi connectivity index (χ2v) is 5.26. The molecule has 1 N–H and O–H groups in total. The van der Waals surface area contributed by atoms with Gasteiger partial charge in [0.1, 0.15) is 5.82 Å². The molecule has 17 heavy (non-hydrogen) atoms. The Morgan fingerprint density at radius 1 is 1.35 bits per heavy atom. The number of H-pyrrole nitrogens is 1. The average Bonchev–Trinajstić information content (AvgIpc) is 2.94. The normalized spacial score (nSPS) is 17.0. The van der Waals surface area contributed by atoms with Crippen LogP contribution in [0.5, 0.6) is 0 Å². The summed E-state index contributed by atoms with van der Waals surface area (Å²) < 4.78 is 0. The van der Waals surface area contributed by atoms with Gasteiger partial charge in [0.25, 0.3) is 0 Å². The number of aromatic nitrogens is 3. The number of nitrogens with zero attached hydrogens (tertiary/aromatic N) is 2. The van der Waals surface area contributed by atoms with Crippen LogP contribution in [0.1, 0.15) is 43.5 Å². The second-order valence-electron chi connectivity index (χ2n) is 5.26. The van der Waals surface area contributed by atoms with Gasteiger partial charge < -0.3 is 4.98 Å². The van der Waals surface area contributed by atoms with Gasteiger partial charge in [0, 0.05) is 12.6 Å². The molecule has 0 aliphatic heterocycles.